The van der Waals surface area contributed by atoms with Crippen LogP contribution in [0.1, 0.15) is 58.8 Å². The van der Waals surface area contributed by atoms with Crippen LogP contribution in [0, 0.1) is 5.41 Å². The summed E-state index contributed by atoms with van der Waals surface area (Å²) in [6.07, 6.45) is 15.7. The number of hydrogen-bond donors (Lipinski definition) is 0. The molecule has 1 spiro atoms. The average molecular weight is 297 g/mol. The molecule has 0 aromatic carbocycles. The van der Waals surface area contributed by atoms with Crippen LogP contribution in [0.3, 0.4) is 0 Å². The van der Waals surface area contributed by atoms with E-state index in [1.54, 1.807) is 0 Å². The molecule has 0 radical (unpaired) electrons. The lowest BCUT2D eigenvalue weighted by Crippen LogP contribution is -2.51. The van der Waals surface area contributed by atoms with Crippen molar-refractivity contribution in [3.8, 4) is 0 Å². The quantitative estimate of drug-likeness (QED) is 0.671. The summed E-state index contributed by atoms with van der Waals surface area (Å²) in [5.74, 6) is 1.51. The van der Waals surface area contributed by atoms with Crippen molar-refractivity contribution < 1.29 is 4.74 Å². The molecular weight excluding hydrogens is 264 g/mol. The number of methoxy groups -OCH3 is 1. The fourth-order valence-corrected chi connectivity index (χ4v) is 9.85. The van der Waals surface area contributed by atoms with Crippen LogP contribution in [0.2, 0.25) is 0 Å². The second-order valence-electron chi connectivity index (χ2n) is 7.81. The van der Waals surface area contributed by atoms with E-state index in [1.165, 1.54) is 56.3 Å². The van der Waals surface area contributed by atoms with Crippen LogP contribution >= 0.6 is 10.0 Å². The van der Waals surface area contributed by atoms with Crippen LogP contribution in [-0.4, -0.2) is 35.7 Å². The molecule has 2 heteroatoms. The third kappa shape index (κ3) is 2.37. The summed E-state index contributed by atoms with van der Waals surface area (Å²) >= 11 is 0. The van der Waals surface area contributed by atoms with E-state index in [9.17, 15) is 0 Å². The van der Waals surface area contributed by atoms with Gasteiger partial charge in [-0.2, -0.15) is 0 Å². The molecule has 2 aliphatic carbocycles. The van der Waals surface area contributed by atoms with Gasteiger partial charge in [0.15, 0.2) is 0 Å². The van der Waals surface area contributed by atoms with Crippen LogP contribution < -0.4 is 0 Å². The molecule has 1 heterocycles. The highest BCUT2D eigenvalue weighted by atomic mass is 32.3. The molecule has 0 aromatic heterocycles. The summed E-state index contributed by atoms with van der Waals surface area (Å²) in [5, 5.41) is 1.90. The molecule has 1 nitrogen and oxygen atoms in total. The monoisotopic (exact) mass is 296 g/mol. The summed E-state index contributed by atoms with van der Waals surface area (Å²) in [7, 11) is 1.51. The summed E-state index contributed by atoms with van der Waals surface area (Å²) < 4.78 is 5.98. The third-order valence-corrected chi connectivity index (χ3v) is 11.3. The van der Waals surface area contributed by atoms with E-state index in [-0.39, 0.29) is 0 Å². The zero-order valence-corrected chi connectivity index (χ0v) is 14.6. The second kappa shape index (κ2) is 5.35. The summed E-state index contributed by atoms with van der Waals surface area (Å²) in [5.41, 5.74) is 2.21. The first kappa shape index (κ1) is 15.0. The SMILES string of the molecule is CO[C@@H]1CCCC2(CC2)[C@H]1S1(C)CC[C@@H]1CC=C(C)C. The van der Waals surface area contributed by atoms with Crippen molar-refractivity contribution >= 4 is 10.0 Å². The Morgan fingerprint density at radius 3 is 2.50 bits per heavy atom. The maximum Gasteiger partial charge on any atom is 0.0680 e. The molecular formula is C18H32OS. The van der Waals surface area contributed by atoms with Crippen molar-refractivity contribution in [2.75, 3.05) is 19.1 Å². The van der Waals surface area contributed by atoms with E-state index in [0.717, 1.165) is 10.5 Å². The van der Waals surface area contributed by atoms with Crippen molar-refractivity contribution in [2.45, 2.75) is 75.4 Å². The van der Waals surface area contributed by atoms with Crippen LogP contribution in [0.4, 0.5) is 0 Å². The lowest BCUT2D eigenvalue weighted by molar-refractivity contribution is 0.0494. The number of ether oxygens (including phenoxy) is 1. The van der Waals surface area contributed by atoms with E-state index < -0.39 is 10.0 Å². The Hall–Kier alpha value is 0.0500. The Morgan fingerprint density at radius 2 is 2.00 bits per heavy atom. The van der Waals surface area contributed by atoms with Gasteiger partial charge in [0.1, 0.15) is 0 Å². The maximum atomic E-state index is 5.98. The molecule has 3 aliphatic rings. The van der Waals surface area contributed by atoms with Gasteiger partial charge in [0.05, 0.1) is 6.10 Å². The molecule has 3 fully saturated rings. The average Bonchev–Trinajstić information content (AvgIpc) is 3.16. The van der Waals surface area contributed by atoms with E-state index in [0.29, 0.717) is 11.5 Å². The van der Waals surface area contributed by atoms with Gasteiger partial charge in [0.2, 0.25) is 0 Å². The lowest BCUT2D eigenvalue weighted by atomic mass is 9.84. The molecule has 0 N–H and O–H groups in total. The largest absolute Gasteiger partial charge is 0.380 e. The fourth-order valence-electron chi connectivity index (χ4n) is 4.89. The number of rotatable bonds is 4. The molecule has 3 rings (SSSR count). The highest BCUT2D eigenvalue weighted by Crippen LogP contribution is 2.75. The minimum absolute atomic E-state index is 0.453. The van der Waals surface area contributed by atoms with Gasteiger partial charge in [-0.05, 0) is 75.0 Å². The molecule has 0 amide bonds. The van der Waals surface area contributed by atoms with Crippen LogP contribution in [0.25, 0.3) is 0 Å². The molecule has 1 aliphatic heterocycles. The molecule has 1 saturated heterocycles. The Bertz CT molecular complexity index is 394. The normalized spacial score (nSPS) is 45.3. The highest BCUT2D eigenvalue weighted by molar-refractivity contribution is 8.35. The molecule has 1 unspecified atom stereocenters. The standard InChI is InChI=1S/C18H32OS/c1-14(2)7-8-15-9-13-20(15,4)17-16(19-3)6-5-10-18(17)11-12-18/h7,15-17H,5-6,8-13H2,1-4H3/t15-,16+,17-/m0/s1. The summed E-state index contributed by atoms with van der Waals surface area (Å²) in [4.78, 5) is 0. The number of hydrogen-bond acceptors (Lipinski definition) is 1. The first-order valence-electron chi connectivity index (χ1n) is 8.42. The smallest absolute Gasteiger partial charge is 0.0680 e. The topological polar surface area (TPSA) is 9.23 Å². The zero-order chi connectivity index (χ0) is 14.4. The Balaban J connectivity index is 1.79. The van der Waals surface area contributed by atoms with Gasteiger partial charge < -0.3 is 4.74 Å². The van der Waals surface area contributed by atoms with Gasteiger partial charge in [0.25, 0.3) is 0 Å². The molecule has 116 valence electrons. The molecule has 0 aromatic rings. The van der Waals surface area contributed by atoms with E-state index >= 15 is 0 Å². The Kier molecular flexibility index (Phi) is 4.01. The van der Waals surface area contributed by atoms with E-state index in [1.807, 2.05) is 7.11 Å². The van der Waals surface area contributed by atoms with Gasteiger partial charge in [0, 0.05) is 12.4 Å². The molecule has 2 saturated carbocycles. The van der Waals surface area contributed by atoms with Crippen molar-refractivity contribution in [3.05, 3.63) is 11.6 Å². The molecule has 0 bridgehead atoms. The minimum Gasteiger partial charge on any atom is -0.380 e. The summed E-state index contributed by atoms with van der Waals surface area (Å²) in [6.45, 7) is 4.48. The maximum absolute atomic E-state index is 5.98. The van der Waals surface area contributed by atoms with Crippen LogP contribution in [0.15, 0.2) is 11.6 Å². The van der Waals surface area contributed by atoms with Crippen molar-refractivity contribution in [1.82, 2.24) is 0 Å². The summed E-state index contributed by atoms with van der Waals surface area (Å²) in [6, 6.07) is 0. The first-order valence-corrected chi connectivity index (χ1v) is 10.8. The zero-order valence-electron chi connectivity index (χ0n) is 13.8. The predicted molar refractivity (Wildman–Crippen MR) is 90.9 cm³/mol. The van der Waals surface area contributed by atoms with Crippen molar-refractivity contribution in [1.29, 1.82) is 0 Å². The van der Waals surface area contributed by atoms with Crippen LogP contribution in [-0.2, 0) is 4.74 Å². The Labute approximate surface area is 126 Å². The van der Waals surface area contributed by atoms with Crippen molar-refractivity contribution in [2.24, 2.45) is 5.41 Å². The molecule has 4 atom stereocenters. The second-order valence-corrected chi connectivity index (χ2v) is 11.9. The lowest BCUT2D eigenvalue weighted by Gasteiger charge is -2.62. The van der Waals surface area contributed by atoms with Gasteiger partial charge in [-0.15, -0.1) is 0 Å². The van der Waals surface area contributed by atoms with Crippen LogP contribution in [0.5, 0.6) is 0 Å². The van der Waals surface area contributed by atoms with E-state index in [4.69, 9.17) is 4.74 Å². The molecule has 20 heavy (non-hydrogen) atoms. The fraction of sp³-hybridized carbons (Fsp3) is 0.889. The number of allylic oxidation sites excluding steroid dienone is 2. The van der Waals surface area contributed by atoms with Gasteiger partial charge in [-0.25, -0.2) is 10.0 Å². The third-order valence-electron chi connectivity index (χ3n) is 6.31. The van der Waals surface area contributed by atoms with E-state index in [2.05, 4.69) is 26.2 Å². The first-order chi connectivity index (χ1) is 9.52. The highest BCUT2D eigenvalue weighted by Gasteiger charge is 2.61. The van der Waals surface area contributed by atoms with Gasteiger partial charge in [-0.1, -0.05) is 18.1 Å². The predicted octanol–water partition coefficient (Wildman–Crippen LogP) is 4.90. The van der Waals surface area contributed by atoms with Crippen molar-refractivity contribution in [3.63, 3.8) is 0 Å². The Morgan fingerprint density at radius 1 is 1.25 bits per heavy atom. The van der Waals surface area contributed by atoms with Gasteiger partial charge >= 0.3 is 0 Å². The van der Waals surface area contributed by atoms with Gasteiger partial charge in [-0.3, -0.25) is 0 Å². The minimum atomic E-state index is -0.453.